The second kappa shape index (κ2) is 6.00. The summed E-state index contributed by atoms with van der Waals surface area (Å²) in [4.78, 5) is 7.95. The van der Waals surface area contributed by atoms with E-state index in [9.17, 15) is 5.11 Å². The standard InChI is InChI=1S/C12H11Cl2N3O/c13-8-2-1-3-9(14)12(8)10(18)6-17-11-7-15-4-5-16-11/h1-5,7,10,18H,6H2,(H,16,17). The molecule has 0 aliphatic heterocycles. The van der Waals surface area contributed by atoms with Gasteiger partial charge in [0.25, 0.3) is 0 Å². The van der Waals surface area contributed by atoms with Crippen LogP contribution in [0.4, 0.5) is 5.82 Å². The van der Waals surface area contributed by atoms with Gasteiger partial charge in [-0.15, -0.1) is 0 Å². The molecule has 0 fully saturated rings. The van der Waals surface area contributed by atoms with Crippen LogP contribution in [0.5, 0.6) is 0 Å². The first kappa shape index (κ1) is 13.1. The molecule has 0 amide bonds. The highest BCUT2D eigenvalue weighted by Gasteiger charge is 2.15. The van der Waals surface area contributed by atoms with E-state index in [0.29, 0.717) is 21.4 Å². The molecule has 0 spiro atoms. The lowest BCUT2D eigenvalue weighted by Gasteiger charge is -2.15. The van der Waals surface area contributed by atoms with E-state index in [1.54, 1.807) is 36.8 Å². The Morgan fingerprint density at radius 1 is 1.22 bits per heavy atom. The maximum Gasteiger partial charge on any atom is 0.144 e. The van der Waals surface area contributed by atoms with Crippen LogP contribution in [0.1, 0.15) is 11.7 Å². The topological polar surface area (TPSA) is 58.0 Å². The van der Waals surface area contributed by atoms with E-state index in [1.807, 2.05) is 0 Å². The summed E-state index contributed by atoms with van der Waals surface area (Å²) in [6.45, 7) is 0.252. The number of hydrogen-bond donors (Lipinski definition) is 2. The molecule has 1 aromatic carbocycles. The van der Waals surface area contributed by atoms with Crippen molar-refractivity contribution in [2.24, 2.45) is 0 Å². The van der Waals surface area contributed by atoms with E-state index in [2.05, 4.69) is 15.3 Å². The van der Waals surface area contributed by atoms with E-state index < -0.39 is 6.10 Å². The fraction of sp³-hybridized carbons (Fsp3) is 0.167. The van der Waals surface area contributed by atoms with Crippen LogP contribution >= 0.6 is 23.2 Å². The lowest BCUT2D eigenvalue weighted by Crippen LogP contribution is -2.13. The smallest absolute Gasteiger partial charge is 0.144 e. The van der Waals surface area contributed by atoms with Crippen molar-refractivity contribution in [3.63, 3.8) is 0 Å². The lowest BCUT2D eigenvalue weighted by atomic mass is 10.1. The van der Waals surface area contributed by atoms with Gasteiger partial charge in [-0.3, -0.25) is 4.98 Å². The van der Waals surface area contributed by atoms with Crippen molar-refractivity contribution in [2.75, 3.05) is 11.9 Å². The zero-order chi connectivity index (χ0) is 13.0. The molecule has 1 heterocycles. The monoisotopic (exact) mass is 283 g/mol. The molecule has 2 rings (SSSR count). The average molecular weight is 284 g/mol. The van der Waals surface area contributed by atoms with Gasteiger partial charge >= 0.3 is 0 Å². The minimum absolute atomic E-state index is 0.252. The molecule has 94 valence electrons. The summed E-state index contributed by atoms with van der Waals surface area (Å²) in [5.74, 6) is 0.583. The van der Waals surface area contributed by atoms with Crippen molar-refractivity contribution in [1.29, 1.82) is 0 Å². The second-order valence-electron chi connectivity index (χ2n) is 3.62. The fourth-order valence-corrected chi connectivity index (χ4v) is 2.17. The molecule has 0 bridgehead atoms. The number of rotatable bonds is 4. The third-order valence-electron chi connectivity index (χ3n) is 2.37. The normalized spacial score (nSPS) is 12.2. The maximum absolute atomic E-state index is 10.1. The van der Waals surface area contributed by atoms with E-state index in [0.717, 1.165) is 0 Å². The number of halogens is 2. The molecule has 0 saturated carbocycles. The van der Waals surface area contributed by atoms with Crippen LogP contribution in [0.25, 0.3) is 0 Å². The molecule has 0 saturated heterocycles. The summed E-state index contributed by atoms with van der Waals surface area (Å²) in [5.41, 5.74) is 0.511. The van der Waals surface area contributed by atoms with Gasteiger partial charge in [0.2, 0.25) is 0 Å². The van der Waals surface area contributed by atoms with Gasteiger partial charge in [-0.2, -0.15) is 0 Å². The Hall–Kier alpha value is -1.36. The van der Waals surface area contributed by atoms with Gasteiger partial charge in [-0.1, -0.05) is 29.3 Å². The van der Waals surface area contributed by atoms with Gasteiger partial charge in [0.1, 0.15) is 5.82 Å². The van der Waals surface area contributed by atoms with Gasteiger partial charge in [0.15, 0.2) is 0 Å². The first-order valence-electron chi connectivity index (χ1n) is 5.30. The summed E-state index contributed by atoms with van der Waals surface area (Å²) in [6, 6.07) is 5.11. The molecule has 0 radical (unpaired) electrons. The van der Waals surface area contributed by atoms with E-state index >= 15 is 0 Å². The number of aromatic nitrogens is 2. The molecule has 1 atom stereocenters. The highest BCUT2D eigenvalue weighted by Crippen LogP contribution is 2.30. The zero-order valence-corrected chi connectivity index (χ0v) is 10.9. The van der Waals surface area contributed by atoms with Crippen molar-refractivity contribution in [2.45, 2.75) is 6.10 Å². The van der Waals surface area contributed by atoms with Gasteiger partial charge in [-0.25, -0.2) is 4.98 Å². The Morgan fingerprint density at radius 3 is 2.56 bits per heavy atom. The SMILES string of the molecule is OC(CNc1cnccn1)c1c(Cl)cccc1Cl. The molecule has 1 aromatic heterocycles. The van der Waals surface area contributed by atoms with E-state index in [-0.39, 0.29) is 6.54 Å². The van der Waals surface area contributed by atoms with Gasteiger partial charge in [0.05, 0.1) is 12.3 Å². The van der Waals surface area contributed by atoms with Crippen molar-refractivity contribution in [3.8, 4) is 0 Å². The van der Waals surface area contributed by atoms with E-state index in [1.165, 1.54) is 0 Å². The molecule has 1 unspecified atom stereocenters. The van der Waals surface area contributed by atoms with Crippen molar-refractivity contribution in [3.05, 3.63) is 52.4 Å². The highest BCUT2D eigenvalue weighted by atomic mass is 35.5. The van der Waals surface area contributed by atoms with E-state index in [4.69, 9.17) is 23.2 Å². The van der Waals surface area contributed by atoms with Crippen molar-refractivity contribution < 1.29 is 5.11 Å². The lowest BCUT2D eigenvalue weighted by molar-refractivity contribution is 0.191. The summed E-state index contributed by atoms with van der Waals surface area (Å²) in [7, 11) is 0. The third kappa shape index (κ3) is 3.10. The van der Waals surface area contributed by atoms with Gasteiger partial charge in [-0.05, 0) is 12.1 Å². The quantitative estimate of drug-likeness (QED) is 0.906. The minimum Gasteiger partial charge on any atom is -0.386 e. The maximum atomic E-state index is 10.1. The molecular formula is C12H11Cl2N3O. The highest BCUT2D eigenvalue weighted by molar-refractivity contribution is 6.36. The molecule has 4 nitrogen and oxygen atoms in total. The van der Waals surface area contributed by atoms with Gasteiger partial charge < -0.3 is 10.4 Å². The first-order chi connectivity index (χ1) is 8.68. The third-order valence-corrected chi connectivity index (χ3v) is 3.03. The van der Waals surface area contributed by atoms with Crippen LogP contribution in [0.2, 0.25) is 10.0 Å². The summed E-state index contributed by atoms with van der Waals surface area (Å²) >= 11 is 12.0. The zero-order valence-electron chi connectivity index (χ0n) is 9.35. The molecule has 2 N–H and O–H groups in total. The molecule has 0 aliphatic rings. The number of hydrogen-bond acceptors (Lipinski definition) is 4. The predicted octanol–water partition coefficient (Wildman–Crippen LogP) is 2.93. The largest absolute Gasteiger partial charge is 0.386 e. The number of benzene rings is 1. The number of anilines is 1. The van der Waals surface area contributed by atoms with Gasteiger partial charge in [0, 0.05) is 34.5 Å². The molecule has 18 heavy (non-hydrogen) atoms. The summed E-state index contributed by atoms with van der Waals surface area (Å²) in [5, 5.41) is 13.9. The predicted molar refractivity (Wildman–Crippen MR) is 71.9 cm³/mol. The molecule has 6 heteroatoms. The summed E-state index contributed by atoms with van der Waals surface area (Å²) < 4.78 is 0. The van der Waals surface area contributed by atoms with Crippen LogP contribution in [0.15, 0.2) is 36.8 Å². The Bertz CT molecular complexity index is 502. The van der Waals surface area contributed by atoms with Crippen molar-refractivity contribution >= 4 is 29.0 Å². The Balaban J connectivity index is 2.06. The number of nitrogens with one attached hydrogen (secondary N) is 1. The Morgan fingerprint density at radius 2 is 1.94 bits per heavy atom. The average Bonchev–Trinajstić information content (AvgIpc) is 2.37. The first-order valence-corrected chi connectivity index (χ1v) is 6.06. The number of nitrogens with zero attached hydrogens (tertiary/aromatic N) is 2. The van der Waals surface area contributed by atoms with Crippen LogP contribution in [-0.4, -0.2) is 21.6 Å². The van der Waals surface area contributed by atoms with Crippen LogP contribution < -0.4 is 5.32 Å². The Kier molecular flexibility index (Phi) is 4.36. The Labute approximate surface area is 115 Å². The molecule has 0 aliphatic carbocycles. The molecule has 2 aromatic rings. The van der Waals surface area contributed by atoms with Crippen LogP contribution in [0.3, 0.4) is 0 Å². The summed E-state index contributed by atoms with van der Waals surface area (Å²) in [6.07, 6.45) is 3.90. The minimum atomic E-state index is -0.812. The number of aliphatic hydroxyl groups is 1. The number of aliphatic hydroxyl groups excluding tert-OH is 1. The van der Waals surface area contributed by atoms with Crippen LogP contribution in [-0.2, 0) is 0 Å². The van der Waals surface area contributed by atoms with Crippen molar-refractivity contribution in [1.82, 2.24) is 9.97 Å². The second-order valence-corrected chi connectivity index (χ2v) is 4.44. The van der Waals surface area contributed by atoms with Crippen LogP contribution in [0, 0.1) is 0 Å². The fourth-order valence-electron chi connectivity index (χ4n) is 1.52. The molecular weight excluding hydrogens is 273 g/mol.